The molecular weight excluding hydrogens is 354 g/mol. The van der Waals surface area contributed by atoms with Gasteiger partial charge in [-0.05, 0) is 49.4 Å². The predicted octanol–water partition coefficient (Wildman–Crippen LogP) is 2.15. The minimum Gasteiger partial charge on any atom is -0.345 e. The molecule has 4 rings (SSSR count). The molecule has 1 aliphatic heterocycles. The Morgan fingerprint density at radius 1 is 1.14 bits per heavy atom. The highest BCUT2D eigenvalue weighted by Crippen LogP contribution is 2.22. The van der Waals surface area contributed by atoms with Crippen LogP contribution in [0.5, 0.6) is 0 Å². The van der Waals surface area contributed by atoms with E-state index in [2.05, 4.69) is 10.2 Å². The molecule has 7 nitrogen and oxygen atoms in total. The summed E-state index contributed by atoms with van der Waals surface area (Å²) in [6.45, 7) is 3.89. The lowest BCUT2D eigenvalue weighted by Crippen LogP contribution is -2.40. The Bertz CT molecular complexity index is 994. The molecule has 1 aromatic carbocycles. The maximum atomic E-state index is 12.5. The van der Waals surface area contributed by atoms with Crippen LogP contribution >= 0.6 is 0 Å². The third kappa shape index (κ3) is 3.78. The summed E-state index contributed by atoms with van der Waals surface area (Å²) < 4.78 is 3.58. The molecule has 1 amide bonds. The summed E-state index contributed by atoms with van der Waals surface area (Å²) in [7, 11) is 0. The number of aryl methyl sites for hydroxylation is 1. The number of para-hydroxylation sites is 1. The van der Waals surface area contributed by atoms with Crippen LogP contribution in [0.25, 0.3) is 5.69 Å². The van der Waals surface area contributed by atoms with Crippen molar-refractivity contribution in [2.24, 2.45) is 5.92 Å². The van der Waals surface area contributed by atoms with E-state index in [0.717, 1.165) is 49.4 Å². The summed E-state index contributed by atoms with van der Waals surface area (Å²) in [6, 6.07) is 11.7. The number of aromatic nitrogens is 4. The molecule has 3 aromatic rings. The van der Waals surface area contributed by atoms with E-state index >= 15 is 0 Å². The first-order chi connectivity index (χ1) is 13.6. The van der Waals surface area contributed by atoms with Gasteiger partial charge in [0.2, 0.25) is 5.91 Å². The molecule has 0 bridgehead atoms. The minimum atomic E-state index is -0.205. The SMILES string of the molecule is Cc1ccccc1-n1c(CC2CCN(C(=O)Cn3cccc3)CC2)n[nH]c1=O. The number of aromatic amines is 1. The minimum absolute atomic E-state index is 0.159. The second-order valence-corrected chi connectivity index (χ2v) is 7.45. The van der Waals surface area contributed by atoms with Gasteiger partial charge in [0, 0.05) is 31.9 Å². The molecule has 7 heteroatoms. The van der Waals surface area contributed by atoms with Crippen molar-refractivity contribution < 1.29 is 4.79 Å². The molecule has 1 fully saturated rings. The van der Waals surface area contributed by atoms with E-state index in [0.29, 0.717) is 12.5 Å². The van der Waals surface area contributed by atoms with Gasteiger partial charge in [0.25, 0.3) is 0 Å². The summed E-state index contributed by atoms with van der Waals surface area (Å²) in [5.74, 6) is 1.33. The van der Waals surface area contributed by atoms with Gasteiger partial charge < -0.3 is 9.47 Å². The average molecular weight is 379 g/mol. The third-order valence-corrected chi connectivity index (χ3v) is 5.52. The van der Waals surface area contributed by atoms with Crippen LogP contribution in [0.3, 0.4) is 0 Å². The maximum absolute atomic E-state index is 12.5. The molecule has 0 spiro atoms. The average Bonchev–Trinajstić information content (AvgIpc) is 3.33. The van der Waals surface area contributed by atoms with Gasteiger partial charge in [-0.2, -0.15) is 5.10 Å². The summed E-state index contributed by atoms with van der Waals surface area (Å²) in [5, 5.41) is 6.87. The molecule has 1 aliphatic rings. The van der Waals surface area contributed by atoms with E-state index in [1.807, 2.05) is 65.2 Å². The summed E-state index contributed by atoms with van der Waals surface area (Å²) in [4.78, 5) is 26.7. The van der Waals surface area contributed by atoms with Crippen LogP contribution in [0, 0.1) is 12.8 Å². The number of nitrogens with zero attached hydrogens (tertiary/aromatic N) is 4. The van der Waals surface area contributed by atoms with Gasteiger partial charge >= 0.3 is 5.69 Å². The van der Waals surface area contributed by atoms with Gasteiger partial charge in [-0.15, -0.1) is 0 Å². The van der Waals surface area contributed by atoms with Gasteiger partial charge in [0.05, 0.1) is 5.69 Å². The topological polar surface area (TPSA) is 75.9 Å². The number of benzene rings is 1. The van der Waals surface area contributed by atoms with E-state index in [1.54, 1.807) is 4.57 Å². The number of piperidine rings is 1. The Morgan fingerprint density at radius 3 is 2.57 bits per heavy atom. The maximum Gasteiger partial charge on any atom is 0.347 e. The number of hydrogen-bond acceptors (Lipinski definition) is 3. The van der Waals surface area contributed by atoms with Crippen molar-refractivity contribution in [2.75, 3.05) is 13.1 Å². The lowest BCUT2D eigenvalue weighted by Gasteiger charge is -2.32. The Balaban J connectivity index is 1.40. The molecule has 0 saturated carbocycles. The summed E-state index contributed by atoms with van der Waals surface area (Å²) in [6.07, 6.45) is 6.39. The molecule has 0 unspecified atom stereocenters. The number of hydrogen-bond donors (Lipinski definition) is 1. The molecular formula is C21H25N5O2. The molecule has 0 atom stereocenters. The first-order valence-corrected chi connectivity index (χ1v) is 9.72. The first-order valence-electron chi connectivity index (χ1n) is 9.72. The lowest BCUT2D eigenvalue weighted by molar-refractivity contribution is -0.133. The summed E-state index contributed by atoms with van der Waals surface area (Å²) in [5.41, 5.74) is 1.71. The van der Waals surface area contributed by atoms with Crippen molar-refractivity contribution >= 4 is 5.91 Å². The molecule has 1 saturated heterocycles. The largest absolute Gasteiger partial charge is 0.347 e. The Kier molecular flexibility index (Phi) is 5.14. The van der Waals surface area contributed by atoms with Crippen LogP contribution in [0.4, 0.5) is 0 Å². The fourth-order valence-electron chi connectivity index (χ4n) is 3.91. The van der Waals surface area contributed by atoms with Crippen molar-refractivity contribution in [3.63, 3.8) is 0 Å². The van der Waals surface area contributed by atoms with Crippen LogP contribution in [0.2, 0.25) is 0 Å². The van der Waals surface area contributed by atoms with E-state index in [4.69, 9.17) is 0 Å². The second kappa shape index (κ2) is 7.88. The highest BCUT2D eigenvalue weighted by molar-refractivity contribution is 5.76. The van der Waals surface area contributed by atoms with Crippen LogP contribution in [-0.4, -0.2) is 43.2 Å². The van der Waals surface area contributed by atoms with E-state index in [9.17, 15) is 9.59 Å². The molecule has 3 heterocycles. The highest BCUT2D eigenvalue weighted by Gasteiger charge is 2.25. The molecule has 0 radical (unpaired) electrons. The highest BCUT2D eigenvalue weighted by atomic mass is 16.2. The van der Waals surface area contributed by atoms with Crippen LogP contribution in [0.15, 0.2) is 53.6 Å². The van der Waals surface area contributed by atoms with Crippen LogP contribution in [0.1, 0.15) is 24.2 Å². The fraction of sp³-hybridized carbons (Fsp3) is 0.381. The van der Waals surface area contributed by atoms with Crippen molar-refractivity contribution in [1.29, 1.82) is 0 Å². The fourth-order valence-corrected chi connectivity index (χ4v) is 3.91. The van der Waals surface area contributed by atoms with Gasteiger partial charge in [-0.1, -0.05) is 18.2 Å². The Labute approximate surface area is 163 Å². The van der Waals surface area contributed by atoms with Crippen LogP contribution in [-0.2, 0) is 17.8 Å². The lowest BCUT2D eigenvalue weighted by atomic mass is 9.93. The Hall–Kier alpha value is -3.09. The first kappa shape index (κ1) is 18.3. The zero-order valence-corrected chi connectivity index (χ0v) is 16.0. The van der Waals surface area contributed by atoms with Crippen molar-refractivity contribution in [2.45, 2.75) is 32.7 Å². The molecule has 1 N–H and O–H groups in total. The number of carbonyl (C=O) groups is 1. The van der Waals surface area contributed by atoms with Crippen LogP contribution < -0.4 is 5.69 Å². The number of nitrogens with one attached hydrogen (secondary N) is 1. The number of likely N-dealkylation sites (tertiary alicyclic amines) is 1. The number of H-pyrrole nitrogens is 1. The quantitative estimate of drug-likeness (QED) is 0.738. The van der Waals surface area contributed by atoms with Crippen molar-refractivity contribution in [3.05, 3.63) is 70.7 Å². The molecule has 2 aromatic heterocycles. The molecule has 146 valence electrons. The second-order valence-electron chi connectivity index (χ2n) is 7.45. The smallest absolute Gasteiger partial charge is 0.345 e. The number of amides is 1. The standard InChI is InChI=1S/C21H25N5O2/c1-16-6-2-3-7-18(16)26-19(22-23-21(26)28)14-17-8-12-25(13-9-17)20(27)15-24-10-4-5-11-24/h2-7,10-11,17H,8-9,12-15H2,1H3,(H,23,28). The van der Waals surface area contributed by atoms with Gasteiger partial charge in [-0.3, -0.25) is 4.79 Å². The van der Waals surface area contributed by atoms with E-state index < -0.39 is 0 Å². The number of rotatable bonds is 5. The number of carbonyl (C=O) groups excluding carboxylic acids is 1. The van der Waals surface area contributed by atoms with Gasteiger partial charge in [0.1, 0.15) is 12.4 Å². The third-order valence-electron chi connectivity index (χ3n) is 5.52. The van der Waals surface area contributed by atoms with Crippen molar-refractivity contribution in [1.82, 2.24) is 24.2 Å². The monoisotopic (exact) mass is 379 g/mol. The van der Waals surface area contributed by atoms with E-state index in [1.165, 1.54) is 0 Å². The molecule has 28 heavy (non-hydrogen) atoms. The Morgan fingerprint density at radius 2 is 1.86 bits per heavy atom. The zero-order chi connectivity index (χ0) is 19.5. The molecule has 0 aliphatic carbocycles. The summed E-state index contributed by atoms with van der Waals surface area (Å²) >= 11 is 0. The van der Waals surface area contributed by atoms with E-state index in [-0.39, 0.29) is 11.6 Å². The normalized spacial score (nSPS) is 15.1. The van der Waals surface area contributed by atoms with Crippen molar-refractivity contribution in [3.8, 4) is 5.69 Å². The van der Waals surface area contributed by atoms with Gasteiger partial charge in [0.15, 0.2) is 0 Å². The van der Waals surface area contributed by atoms with Gasteiger partial charge in [-0.25, -0.2) is 14.5 Å². The predicted molar refractivity (Wildman–Crippen MR) is 106 cm³/mol. The zero-order valence-electron chi connectivity index (χ0n) is 16.0.